The van der Waals surface area contributed by atoms with Crippen LogP contribution in [-0.4, -0.2) is 23.2 Å². The highest BCUT2D eigenvalue weighted by Gasteiger charge is 2.09. The van der Waals surface area contributed by atoms with Crippen LogP contribution < -0.4 is 10.5 Å². The second-order valence-electron chi connectivity index (χ2n) is 2.96. The van der Waals surface area contributed by atoms with Crippen LogP contribution in [0.1, 0.15) is 11.1 Å². The lowest BCUT2D eigenvalue weighted by molar-refractivity contribution is -0.136. The Morgan fingerprint density at radius 2 is 2.27 bits per heavy atom. The van der Waals surface area contributed by atoms with Gasteiger partial charge in [0.2, 0.25) is 0 Å². The van der Waals surface area contributed by atoms with Gasteiger partial charge in [-0.3, -0.25) is 4.79 Å². The fourth-order valence-corrected chi connectivity index (χ4v) is 1.36. The number of nitrogens with two attached hydrogens (primary N) is 1. The molecule has 1 aromatic carbocycles. The molecule has 0 unspecified atom stereocenters. The highest BCUT2D eigenvalue weighted by Crippen LogP contribution is 2.20. The molecule has 0 fully saturated rings. The quantitative estimate of drug-likeness (QED) is 0.747. The summed E-state index contributed by atoms with van der Waals surface area (Å²) < 4.78 is 5.03. The predicted molar refractivity (Wildman–Crippen MR) is 60.2 cm³/mol. The molecule has 0 spiro atoms. The Kier molecular flexibility index (Phi) is 3.62. The predicted octanol–water partition coefficient (Wildman–Crippen LogP) is 0.957. The maximum Gasteiger partial charge on any atom is 0.307 e. The van der Waals surface area contributed by atoms with Crippen LogP contribution in [-0.2, 0) is 11.2 Å². The van der Waals surface area contributed by atoms with Crippen LogP contribution in [0.2, 0.25) is 0 Å². The lowest BCUT2D eigenvalue weighted by Gasteiger charge is -2.08. The van der Waals surface area contributed by atoms with Crippen molar-refractivity contribution < 1.29 is 14.6 Å². The van der Waals surface area contributed by atoms with E-state index in [1.165, 1.54) is 7.11 Å². The van der Waals surface area contributed by atoms with Crippen molar-refractivity contribution in [3.8, 4) is 5.75 Å². The number of hydrogen-bond acceptors (Lipinski definition) is 3. The van der Waals surface area contributed by atoms with Gasteiger partial charge in [0.15, 0.2) is 0 Å². The molecule has 0 bridgehead atoms. The molecule has 0 saturated carbocycles. The van der Waals surface area contributed by atoms with Crippen molar-refractivity contribution >= 4 is 23.2 Å². The van der Waals surface area contributed by atoms with Crippen molar-refractivity contribution in [2.45, 2.75) is 6.42 Å². The summed E-state index contributed by atoms with van der Waals surface area (Å²) in [6.45, 7) is 0. The van der Waals surface area contributed by atoms with Gasteiger partial charge in [-0.25, -0.2) is 0 Å². The first-order valence-corrected chi connectivity index (χ1v) is 4.64. The van der Waals surface area contributed by atoms with Crippen LogP contribution in [0, 0.1) is 0 Å². The molecule has 0 aliphatic rings. The number of ether oxygens (including phenoxy) is 1. The Morgan fingerprint density at radius 3 is 2.73 bits per heavy atom. The molecule has 0 heterocycles. The van der Waals surface area contributed by atoms with Crippen LogP contribution in [0.5, 0.6) is 5.75 Å². The molecule has 0 amide bonds. The largest absolute Gasteiger partial charge is 0.496 e. The summed E-state index contributed by atoms with van der Waals surface area (Å²) in [6.07, 6.45) is -0.111. The van der Waals surface area contributed by atoms with E-state index in [1.807, 2.05) is 0 Å². The van der Waals surface area contributed by atoms with Crippen molar-refractivity contribution in [3.63, 3.8) is 0 Å². The Morgan fingerprint density at radius 1 is 1.60 bits per heavy atom. The van der Waals surface area contributed by atoms with Crippen molar-refractivity contribution in [2.24, 2.45) is 5.73 Å². The van der Waals surface area contributed by atoms with Gasteiger partial charge >= 0.3 is 5.97 Å². The molecule has 3 N–H and O–H groups in total. The van der Waals surface area contributed by atoms with Crippen LogP contribution in [0.4, 0.5) is 0 Å². The molecule has 5 heteroatoms. The summed E-state index contributed by atoms with van der Waals surface area (Å²) in [7, 11) is 1.49. The first-order chi connectivity index (χ1) is 7.04. The average molecular weight is 225 g/mol. The third kappa shape index (κ3) is 2.92. The van der Waals surface area contributed by atoms with Crippen LogP contribution >= 0.6 is 12.2 Å². The molecule has 1 rings (SSSR count). The van der Waals surface area contributed by atoms with Crippen molar-refractivity contribution in [2.75, 3.05) is 7.11 Å². The second-order valence-corrected chi connectivity index (χ2v) is 3.40. The summed E-state index contributed by atoms with van der Waals surface area (Å²) in [5.41, 5.74) is 6.65. The lowest BCUT2D eigenvalue weighted by atomic mass is 10.1. The number of carboxylic acid groups (broad SMARTS) is 1. The lowest BCUT2D eigenvalue weighted by Crippen LogP contribution is -2.11. The van der Waals surface area contributed by atoms with Crippen LogP contribution in [0.15, 0.2) is 18.2 Å². The molecule has 0 radical (unpaired) electrons. The van der Waals surface area contributed by atoms with Gasteiger partial charge in [0.25, 0.3) is 0 Å². The van der Waals surface area contributed by atoms with Crippen LogP contribution in [0.25, 0.3) is 0 Å². The maximum absolute atomic E-state index is 10.6. The van der Waals surface area contributed by atoms with Crippen LogP contribution in [0.3, 0.4) is 0 Å². The fourth-order valence-electron chi connectivity index (χ4n) is 1.23. The van der Waals surface area contributed by atoms with E-state index < -0.39 is 5.97 Å². The van der Waals surface area contributed by atoms with E-state index in [2.05, 4.69) is 0 Å². The van der Waals surface area contributed by atoms with Gasteiger partial charge in [0, 0.05) is 11.1 Å². The Balaban J connectivity index is 3.12. The first-order valence-electron chi connectivity index (χ1n) is 4.23. The molecule has 4 nitrogen and oxygen atoms in total. The SMILES string of the molecule is COc1ccc(C(N)=S)cc1CC(=O)O. The maximum atomic E-state index is 10.6. The topological polar surface area (TPSA) is 72.5 Å². The van der Waals surface area contributed by atoms with E-state index in [0.717, 1.165) is 0 Å². The number of rotatable bonds is 4. The van der Waals surface area contributed by atoms with E-state index >= 15 is 0 Å². The van der Waals surface area contributed by atoms with E-state index in [4.69, 9.17) is 27.8 Å². The Labute approximate surface area is 92.7 Å². The van der Waals surface area contributed by atoms with Crippen molar-refractivity contribution in [3.05, 3.63) is 29.3 Å². The number of carbonyl (C=O) groups is 1. The fraction of sp³-hybridized carbons (Fsp3) is 0.200. The van der Waals surface area contributed by atoms with Gasteiger partial charge in [-0.15, -0.1) is 0 Å². The summed E-state index contributed by atoms with van der Waals surface area (Å²) in [4.78, 5) is 10.8. The first kappa shape index (κ1) is 11.5. The summed E-state index contributed by atoms with van der Waals surface area (Å²) in [5, 5.41) is 8.70. The molecule has 0 saturated heterocycles. The number of aliphatic carboxylic acids is 1. The molecule has 0 aliphatic carbocycles. The second kappa shape index (κ2) is 4.75. The van der Waals surface area contributed by atoms with E-state index in [0.29, 0.717) is 16.9 Å². The Bertz CT molecular complexity index is 404. The number of benzene rings is 1. The molecular weight excluding hydrogens is 214 g/mol. The molecule has 15 heavy (non-hydrogen) atoms. The van der Waals surface area contributed by atoms with Crippen molar-refractivity contribution in [1.82, 2.24) is 0 Å². The zero-order chi connectivity index (χ0) is 11.4. The highest BCUT2D eigenvalue weighted by molar-refractivity contribution is 7.80. The molecule has 0 aromatic heterocycles. The minimum atomic E-state index is -0.923. The molecule has 0 atom stereocenters. The number of hydrogen-bond donors (Lipinski definition) is 2. The smallest absolute Gasteiger partial charge is 0.307 e. The minimum absolute atomic E-state index is 0.111. The third-order valence-electron chi connectivity index (χ3n) is 1.91. The number of carboxylic acids is 1. The van der Waals surface area contributed by atoms with Gasteiger partial charge in [0.05, 0.1) is 13.5 Å². The van der Waals surface area contributed by atoms with E-state index in [-0.39, 0.29) is 11.4 Å². The standard InChI is InChI=1S/C10H11NO3S/c1-14-8-3-2-6(10(11)15)4-7(8)5-9(12)13/h2-4H,5H2,1H3,(H2,11,15)(H,12,13). The summed E-state index contributed by atoms with van der Waals surface area (Å²) >= 11 is 4.80. The number of methoxy groups -OCH3 is 1. The van der Waals surface area contributed by atoms with Gasteiger partial charge in [-0.2, -0.15) is 0 Å². The van der Waals surface area contributed by atoms with Gasteiger partial charge in [-0.05, 0) is 18.2 Å². The Hall–Kier alpha value is -1.62. The molecule has 0 aliphatic heterocycles. The highest BCUT2D eigenvalue weighted by atomic mass is 32.1. The van der Waals surface area contributed by atoms with Crippen molar-refractivity contribution in [1.29, 1.82) is 0 Å². The normalized spacial score (nSPS) is 9.67. The van der Waals surface area contributed by atoms with Gasteiger partial charge in [-0.1, -0.05) is 12.2 Å². The average Bonchev–Trinajstić information content (AvgIpc) is 2.16. The van der Waals surface area contributed by atoms with Gasteiger partial charge < -0.3 is 15.6 Å². The van der Waals surface area contributed by atoms with Gasteiger partial charge in [0.1, 0.15) is 10.7 Å². The number of thiocarbonyl (C=S) groups is 1. The monoisotopic (exact) mass is 225 g/mol. The summed E-state index contributed by atoms with van der Waals surface area (Å²) in [6, 6.07) is 4.99. The third-order valence-corrected chi connectivity index (χ3v) is 2.14. The van der Waals surface area contributed by atoms with E-state index in [1.54, 1.807) is 18.2 Å². The van der Waals surface area contributed by atoms with E-state index in [9.17, 15) is 4.79 Å². The zero-order valence-electron chi connectivity index (χ0n) is 8.19. The zero-order valence-corrected chi connectivity index (χ0v) is 9.00. The molecule has 80 valence electrons. The minimum Gasteiger partial charge on any atom is -0.496 e. The molecule has 1 aromatic rings. The molecular formula is C10H11NO3S. The summed E-state index contributed by atoms with van der Waals surface area (Å²) in [5.74, 6) is -0.397.